The number of anilines is 1. The molecule has 2 aromatic heterocycles. The maximum absolute atomic E-state index is 6.17. The van der Waals surface area contributed by atoms with Crippen molar-refractivity contribution in [2.24, 2.45) is 0 Å². The van der Waals surface area contributed by atoms with Crippen molar-refractivity contribution in [3.63, 3.8) is 0 Å². The number of nitrogens with two attached hydrogens (primary N) is 1. The van der Waals surface area contributed by atoms with E-state index in [2.05, 4.69) is 9.97 Å². The van der Waals surface area contributed by atoms with Gasteiger partial charge >= 0.3 is 0 Å². The normalized spacial score (nSPS) is 11.0. The van der Waals surface area contributed by atoms with Crippen molar-refractivity contribution < 1.29 is 0 Å². The lowest BCUT2D eigenvalue weighted by Crippen LogP contribution is -1.87. The Kier molecular flexibility index (Phi) is 2.86. The minimum atomic E-state index is 0.472. The molecule has 0 fully saturated rings. The van der Waals surface area contributed by atoms with Gasteiger partial charge in [0.2, 0.25) is 0 Å². The summed E-state index contributed by atoms with van der Waals surface area (Å²) in [6.45, 7) is 0. The molecule has 3 aromatic rings. The van der Waals surface area contributed by atoms with Gasteiger partial charge in [0.25, 0.3) is 0 Å². The number of benzene rings is 1. The predicted octanol–water partition coefficient (Wildman–Crippen LogP) is 4.25. The van der Waals surface area contributed by atoms with Crippen LogP contribution in [0, 0.1) is 0 Å². The average Bonchev–Trinajstić information content (AvgIpc) is 2.74. The van der Waals surface area contributed by atoms with Crippen LogP contribution in [0.1, 0.15) is 0 Å². The summed E-state index contributed by atoms with van der Waals surface area (Å²) in [7, 11) is 0. The number of hydrogen-bond donors (Lipinski definition) is 1. The van der Waals surface area contributed by atoms with Gasteiger partial charge < -0.3 is 5.73 Å². The fourth-order valence-electron chi connectivity index (χ4n) is 1.68. The molecule has 0 amide bonds. The summed E-state index contributed by atoms with van der Waals surface area (Å²) in [5, 5.41) is 1.90. The van der Waals surface area contributed by atoms with Gasteiger partial charge in [-0.2, -0.15) is 0 Å². The Bertz CT molecular complexity index is 719. The highest BCUT2D eigenvalue weighted by molar-refractivity contribution is 7.22. The Hall–Kier alpha value is -1.36. The number of halogens is 2. The van der Waals surface area contributed by atoms with Gasteiger partial charge in [0.1, 0.15) is 10.8 Å². The van der Waals surface area contributed by atoms with Crippen molar-refractivity contribution in [3.05, 3.63) is 40.5 Å². The maximum Gasteiger partial charge on any atom is 0.143 e. The molecule has 0 unspecified atom stereocenters. The van der Waals surface area contributed by atoms with E-state index in [-0.39, 0.29) is 0 Å². The third kappa shape index (κ3) is 1.82. The summed E-state index contributed by atoms with van der Waals surface area (Å²) >= 11 is 13.8. The molecular weight excluding hydrogens is 289 g/mol. The summed E-state index contributed by atoms with van der Waals surface area (Å²) in [6.07, 6.45) is 1.63. The summed E-state index contributed by atoms with van der Waals surface area (Å²) in [4.78, 5) is 8.54. The number of nitrogen functional groups attached to an aromatic ring is 1. The summed E-state index contributed by atoms with van der Waals surface area (Å²) in [6, 6.07) is 7.20. The number of pyridine rings is 1. The smallest absolute Gasteiger partial charge is 0.143 e. The first kappa shape index (κ1) is 11.7. The van der Waals surface area contributed by atoms with E-state index < -0.39 is 0 Å². The minimum Gasteiger partial charge on any atom is -0.382 e. The second-order valence-corrected chi connectivity index (χ2v) is 5.47. The molecular formula is C12H7Cl2N3S. The lowest BCUT2D eigenvalue weighted by atomic mass is 10.2. The summed E-state index contributed by atoms with van der Waals surface area (Å²) in [5.74, 6) is 0.472. The molecule has 0 saturated heterocycles. The predicted molar refractivity (Wildman–Crippen MR) is 77.3 cm³/mol. The van der Waals surface area contributed by atoms with Crippen LogP contribution in [-0.4, -0.2) is 9.97 Å². The van der Waals surface area contributed by atoms with E-state index in [1.165, 1.54) is 11.3 Å². The lowest BCUT2D eigenvalue weighted by Gasteiger charge is -2.01. The van der Waals surface area contributed by atoms with Gasteiger partial charge in [-0.1, -0.05) is 29.3 Å². The molecule has 0 spiro atoms. The highest BCUT2D eigenvalue weighted by atomic mass is 35.5. The zero-order chi connectivity index (χ0) is 12.7. The first-order valence-electron chi connectivity index (χ1n) is 5.12. The molecule has 0 aliphatic carbocycles. The van der Waals surface area contributed by atoms with Gasteiger partial charge in [-0.3, -0.25) is 0 Å². The van der Waals surface area contributed by atoms with Gasteiger partial charge in [-0.25, -0.2) is 9.97 Å². The van der Waals surface area contributed by atoms with Gasteiger partial charge in [-0.15, -0.1) is 11.3 Å². The fourth-order valence-corrected chi connectivity index (χ4v) is 3.41. The van der Waals surface area contributed by atoms with Crippen LogP contribution >= 0.6 is 34.5 Å². The van der Waals surface area contributed by atoms with Gasteiger partial charge in [0.05, 0.1) is 20.3 Å². The second-order valence-electron chi connectivity index (χ2n) is 3.66. The van der Waals surface area contributed by atoms with Crippen LogP contribution in [0.15, 0.2) is 30.5 Å². The van der Waals surface area contributed by atoms with Crippen LogP contribution in [0.3, 0.4) is 0 Å². The number of aromatic nitrogens is 2. The van der Waals surface area contributed by atoms with Crippen molar-refractivity contribution in [1.29, 1.82) is 0 Å². The molecule has 18 heavy (non-hydrogen) atoms. The first-order chi connectivity index (χ1) is 8.66. The van der Waals surface area contributed by atoms with E-state index in [9.17, 15) is 0 Å². The van der Waals surface area contributed by atoms with Crippen molar-refractivity contribution in [1.82, 2.24) is 9.97 Å². The molecule has 0 atom stereocenters. The number of rotatable bonds is 1. The van der Waals surface area contributed by atoms with E-state index in [1.54, 1.807) is 24.4 Å². The van der Waals surface area contributed by atoms with E-state index in [0.29, 0.717) is 15.9 Å². The summed E-state index contributed by atoms with van der Waals surface area (Å²) < 4.78 is 0.850. The zero-order valence-corrected chi connectivity index (χ0v) is 11.4. The highest BCUT2D eigenvalue weighted by Crippen LogP contribution is 2.39. The van der Waals surface area contributed by atoms with Gasteiger partial charge in [0, 0.05) is 11.8 Å². The Morgan fingerprint density at radius 2 is 1.83 bits per heavy atom. The Morgan fingerprint density at radius 3 is 2.50 bits per heavy atom. The third-order valence-corrected chi connectivity index (χ3v) is 4.25. The van der Waals surface area contributed by atoms with Gasteiger partial charge in [-0.05, 0) is 18.2 Å². The molecule has 6 heteroatoms. The van der Waals surface area contributed by atoms with Crippen LogP contribution in [0.2, 0.25) is 10.0 Å². The summed E-state index contributed by atoms with van der Waals surface area (Å²) in [5.41, 5.74) is 7.36. The zero-order valence-electron chi connectivity index (χ0n) is 9.02. The molecule has 2 heterocycles. The molecule has 0 aliphatic rings. The second kappa shape index (κ2) is 4.39. The molecule has 0 radical (unpaired) electrons. The van der Waals surface area contributed by atoms with Crippen molar-refractivity contribution in [3.8, 4) is 10.6 Å². The fraction of sp³-hybridized carbons (Fsp3) is 0. The SMILES string of the molecule is Nc1nccc2nc(-c3c(Cl)cccc3Cl)sc12. The number of hydrogen-bond acceptors (Lipinski definition) is 4. The van der Waals surface area contributed by atoms with Crippen molar-refractivity contribution in [2.75, 3.05) is 5.73 Å². The molecule has 90 valence electrons. The number of nitrogens with zero attached hydrogens (tertiary/aromatic N) is 2. The third-order valence-electron chi connectivity index (χ3n) is 2.51. The Balaban J connectivity index is 2.30. The van der Waals surface area contributed by atoms with Crippen LogP contribution in [0.5, 0.6) is 0 Å². The average molecular weight is 296 g/mol. The molecule has 0 aliphatic heterocycles. The monoisotopic (exact) mass is 295 g/mol. The molecule has 1 aromatic carbocycles. The topological polar surface area (TPSA) is 51.8 Å². The van der Waals surface area contributed by atoms with Crippen molar-refractivity contribution >= 4 is 50.6 Å². The van der Waals surface area contributed by atoms with Crippen LogP contribution in [0.4, 0.5) is 5.82 Å². The first-order valence-corrected chi connectivity index (χ1v) is 6.69. The molecule has 2 N–H and O–H groups in total. The molecule has 0 saturated carbocycles. The molecule has 3 rings (SSSR count). The van der Waals surface area contributed by atoms with Crippen LogP contribution in [0.25, 0.3) is 20.8 Å². The van der Waals surface area contributed by atoms with E-state index >= 15 is 0 Å². The molecule has 0 bridgehead atoms. The van der Waals surface area contributed by atoms with Gasteiger partial charge in [0.15, 0.2) is 0 Å². The quantitative estimate of drug-likeness (QED) is 0.730. The van der Waals surface area contributed by atoms with Crippen LogP contribution < -0.4 is 5.73 Å². The minimum absolute atomic E-state index is 0.472. The lowest BCUT2D eigenvalue weighted by molar-refractivity contribution is 1.36. The van der Waals surface area contributed by atoms with E-state index in [1.807, 2.05) is 6.07 Å². The largest absolute Gasteiger partial charge is 0.382 e. The van der Waals surface area contributed by atoms with Crippen molar-refractivity contribution in [2.45, 2.75) is 0 Å². The Morgan fingerprint density at radius 1 is 1.11 bits per heavy atom. The standard InChI is InChI=1S/C12H7Cl2N3S/c13-6-2-1-3-7(14)9(6)12-17-8-4-5-16-11(15)10(8)18-12/h1-5H,(H2,15,16). The number of fused-ring (bicyclic) bond motifs is 1. The van der Waals surface area contributed by atoms with Crippen LogP contribution in [-0.2, 0) is 0 Å². The number of thiazole rings is 1. The maximum atomic E-state index is 6.17. The van der Waals surface area contributed by atoms with E-state index in [0.717, 1.165) is 20.8 Å². The van der Waals surface area contributed by atoms with E-state index in [4.69, 9.17) is 28.9 Å². The Labute approximate surface area is 117 Å². The highest BCUT2D eigenvalue weighted by Gasteiger charge is 2.14. The molecule has 3 nitrogen and oxygen atoms in total.